The molecule has 0 unspecified atom stereocenters. The molecule has 138 valence electrons. The molecule has 1 aliphatic heterocycles. The second-order valence-electron chi connectivity index (χ2n) is 6.87. The van der Waals surface area contributed by atoms with Crippen LogP contribution in [0, 0.1) is 5.92 Å². The van der Waals surface area contributed by atoms with E-state index < -0.39 is 11.7 Å². The van der Waals surface area contributed by atoms with Gasteiger partial charge in [-0.1, -0.05) is 0 Å². The summed E-state index contributed by atoms with van der Waals surface area (Å²) in [5.74, 6) is 0.224. The highest BCUT2D eigenvalue weighted by Crippen LogP contribution is 2.40. The van der Waals surface area contributed by atoms with Crippen LogP contribution >= 0.6 is 0 Å². The van der Waals surface area contributed by atoms with Gasteiger partial charge in [-0.25, -0.2) is 0 Å². The van der Waals surface area contributed by atoms with E-state index in [0.717, 1.165) is 18.5 Å². The van der Waals surface area contributed by atoms with E-state index in [2.05, 4.69) is 20.3 Å². The number of aliphatic hydroxyl groups is 1. The van der Waals surface area contributed by atoms with Crippen molar-refractivity contribution < 1.29 is 9.90 Å². The predicted octanol–water partition coefficient (Wildman–Crippen LogP) is -0.638. The molecule has 0 radical (unpaired) electrons. The van der Waals surface area contributed by atoms with Gasteiger partial charge in [-0.3, -0.25) is 19.3 Å². The van der Waals surface area contributed by atoms with Crippen molar-refractivity contribution in [3.8, 4) is 0 Å². The minimum Gasteiger partial charge on any atom is -0.386 e. The van der Waals surface area contributed by atoms with E-state index in [1.807, 2.05) is 10.7 Å². The molecule has 0 saturated heterocycles. The first kappa shape index (κ1) is 16.7. The molecule has 26 heavy (non-hydrogen) atoms. The van der Waals surface area contributed by atoms with E-state index in [1.54, 1.807) is 4.90 Å². The number of carbonyl (C=O) groups is 1. The Morgan fingerprint density at radius 2 is 2.19 bits per heavy atom. The molecular weight excluding hydrogens is 338 g/mol. The molecule has 1 aliphatic carbocycles. The summed E-state index contributed by atoms with van der Waals surface area (Å²) >= 11 is 0. The maximum Gasteiger partial charge on any atom is 0.274 e. The number of nitrogens with zero attached hydrogens (tertiary/aromatic N) is 5. The number of nitrogen functional groups attached to an aromatic ring is 1. The minimum atomic E-state index is -0.506. The number of H-pyrrole nitrogens is 1. The average Bonchev–Trinajstić information content (AvgIpc) is 3.38. The predicted molar refractivity (Wildman–Crippen MR) is 90.7 cm³/mol. The molecule has 10 nitrogen and oxygen atoms in total. The van der Waals surface area contributed by atoms with Crippen LogP contribution in [0.4, 0.5) is 5.95 Å². The van der Waals surface area contributed by atoms with Crippen molar-refractivity contribution >= 4 is 11.9 Å². The number of fused-ring (bicyclic) bond motifs is 1. The fraction of sp³-hybridized carbons (Fsp3) is 0.562. The smallest absolute Gasteiger partial charge is 0.274 e. The summed E-state index contributed by atoms with van der Waals surface area (Å²) in [5, 5.41) is 22.1. The van der Waals surface area contributed by atoms with Crippen molar-refractivity contribution in [1.82, 2.24) is 29.9 Å². The zero-order valence-electron chi connectivity index (χ0n) is 14.3. The number of amides is 1. The third-order valence-corrected chi connectivity index (χ3v) is 4.90. The molecule has 1 fully saturated rings. The van der Waals surface area contributed by atoms with E-state index >= 15 is 0 Å². The summed E-state index contributed by atoms with van der Waals surface area (Å²) in [6, 6.07) is 1.89. The van der Waals surface area contributed by atoms with E-state index in [9.17, 15) is 14.7 Å². The Kier molecular flexibility index (Phi) is 4.19. The fourth-order valence-corrected chi connectivity index (χ4v) is 3.22. The molecule has 1 saturated carbocycles. The highest BCUT2D eigenvalue weighted by atomic mass is 16.3. The standard InChI is InChI=1S/C16H21N7O3/c17-16-18-15(26)11(19-20-16)3-4-13(24)22-5-6-23-10(8-22)7-12(21-23)14(25)9-1-2-9/h7,9,14,25H,1-6,8H2,(H3,17,18,20,26)/t14-/m0/s1. The topological polar surface area (TPSA) is 143 Å². The van der Waals surface area contributed by atoms with Crippen molar-refractivity contribution in [3.63, 3.8) is 0 Å². The largest absolute Gasteiger partial charge is 0.386 e. The summed E-state index contributed by atoms with van der Waals surface area (Å²) < 4.78 is 1.86. The fourth-order valence-electron chi connectivity index (χ4n) is 3.22. The average molecular weight is 359 g/mol. The third-order valence-electron chi connectivity index (χ3n) is 4.90. The maximum absolute atomic E-state index is 12.5. The van der Waals surface area contributed by atoms with Crippen LogP contribution in [-0.2, 0) is 24.3 Å². The Balaban J connectivity index is 1.38. The number of aryl methyl sites for hydroxylation is 1. The molecule has 4 N–H and O–H groups in total. The van der Waals surface area contributed by atoms with Gasteiger partial charge in [0.1, 0.15) is 11.8 Å². The summed E-state index contributed by atoms with van der Waals surface area (Å²) in [7, 11) is 0. The number of rotatable bonds is 5. The van der Waals surface area contributed by atoms with Crippen LogP contribution in [0.5, 0.6) is 0 Å². The lowest BCUT2D eigenvalue weighted by Crippen LogP contribution is -2.38. The number of anilines is 1. The zero-order valence-corrected chi connectivity index (χ0v) is 14.3. The Morgan fingerprint density at radius 1 is 1.38 bits per heavy atom. The van der Waals surface area contributed by atoms with Crippen LogP contribution in [-0.4, -0.2) is 47.4 Å². The molecule has 2 aliphatic rings. The summed E-state index contributed by atoms with van der Waals surface area (Å²) in [4.78, 5) is 28.3. The van der Waals surface area contributed by atoms with Crippen LogP contribution in [0.1, 0.15) is 42.4 Å². The maximum atomic E-state index is 12.5. The minimum absolute atomic E-state index is 0.0430. The first-order valence-corrected chi connectivity index (χ1v) is 8.75. The molecule has 2 aromatic rings. The molecule has 2 aromatic heterocycles. The van der Waals surface area contributed by atoms with Crippen LogP contribution < -0.4 is 11.3 Å². The molecule has 0 spiro atoms. The van der Waals surface area contributed by atoms with Gasteiger partial charge in [-0.05, 0) is 24.8 Å². The third kappa shape index (κ3) is 3.32. The molecule has 1 amide bonds. The van der Waals surface area contributed by atoms with E-state index in [4.69, 9.17) is 5.73 Å². The molecule has 0 bridgehead atoms. The Morgan fingerprint density at radius 3 is 2.92 bits per heavy atom. The van der Waals surface area contributed by atoms with Crippen LogP contribution in [0.15, 0.2) is 10.9 Å². The lowest BCUT2D eigenvalue weighted by Gasteiger charge is -2.27. The first-order valence-electron chi connectivity index (χ1n) is 8.75. The number of carbonyl (C=O) groups excluding carboxylic acids is 1. The van der Waals surface area contributed by atoms with Gasteiger partial charge in [0.2, 0.25) is 11.9 Å². The van der Waals surface area contributed by atoms with Gasteiger partial charge in [0.15, 0.2) is 0 Å². The number of aromatic amines is 1. The van der Waals surface area contributed by atoms with Gasteiger partial charge in [0.25, 0.3) is 5.56 Å². The second kappa shape index (κ2) is 6.52. The summed E-state index contributed by atoms with van der Waals surface area (Å²) in [6.07, 6.45) is 1.96. The quantitative estimate of drug-likeness (QED) is 0.644. The lowest BCUT2D eigenvalue weighted by molar-refractivity contribution is -0.132. The number of aliphatic hydroxyl groups excluding tert-OH is 1. The van der Waals surface area contributed by atoms with Gasteiger partial charge >= 0.3 is 0 Å². The molecular formula is C16H21N7O3. The van der Waals surface area contributed by atoms with Crippen molar-refractivity contribution in [2.24, 2.45) is 5.92 Å². The van der Waals surface area contributed by atoms with E-state index in [0.29, 0.717) is 31.2 Å². The highest BCUT2D eigenvalue weighted by Gasteiger charge is 2.33. The SMILES string of the molecule is Nc1nnc(CCC(=O)N2CCn3nc([C@@H](O)C4CC4)cc3C2)c(=O)[nH]1. The Labute approximate surface area is 149 Å². The van der Waals surface area contributed by atoms with E-state index in [-0.39, 0.29) is 30.4 Å². The van der Waals surface area contributed by atoms with Crippen LogP contribution in [0.3, 0.4) is 0 Å². The summed E-state index contributed by atoms with van der Waals surface area (Å²) in [5.41, 5.74) is 6.76. The number of nitrogens with two attached hydrogens (primary N) is 1. The molecule has 10 heteroatoms. The number of hydrogen-bond donors (Lipinski definition) is 3. The molecule has 3 heterocycles. The monoisotopic (exact) mass is 359 g/mol. The molecule has 4 rings (SSSR count). The van der Waals surface area contributed by atoms with Crippen molar-refractivity contribution in [2.45, 2.75) is 44.9 Å². The highest BCUT2D eigenvalue weighted by molar-refractivity contribution is 5.76. The molecule has 0 aromatic carbocycles. The number of aromatic nitrogens is 5. The van der Waals surface area contributed by atoms with Gasteiger partial charge < -0.3 is 15.7 Å². The second-order valence-corrected chi connectivity index (χ2v) is 6.87. The zero-order chi connectivity index (χ0) is 18.3. The van der Waals surface area contributed by atoms with E-state index in [1.165, 1.54) is 0 Å². The van der Waals surface area contributed by atoms with Crippen molar-refractivity contribution in [3.05, 3.63) is 33.5 Å². The summed E-state index contributed by atoms with van der Waals surface area (Å²) in [6.45, 7) is 1.60. The number of nitrogens with one attached hydrogen (secondary N) is 1. The van der Waals surface area contributed by atoms with Crippen molar-refractivity contribution in [2.75, 3.05) is 12.3 Å². The normalized spacial score (nSPS) is 17.8. The molecule has 1 atom stereocenters. The Bertz CT molecular complexity index is 886. The van der Waals surface area contributed by atoms with Crippen molar-refractivity contribution in [1.29, 1.82) is 0 Å². The van der Waals surface area contributed by atoms with Gasteiger partial charge in [0.05, 0.1) is 24.5 Å². The lowest BCUT2D eigenvalue weighted by atomic mass is 10.1. The van der Waals surface area contributed by atoms with Gasteiger partial charge in [-0.15, -0.1) is 10.2 Å². The Hall–Kier alpha value is -2.75. The number of hydrogen-bond acceptors (Lipinski definition) is 7. The van der Waals surface area contributed by atoms with Crippen LogP contribution in [0.25, 0.3) is 0 Å². The van der Waals surface area contributed by atoms with Gasteiger partial charge in [-0.2, -0.15) is 5.10 Å². The van der Waals surface area contributed by atoms with Crippen LogP contribution in [0.2, 0.25) is 0 Å². The first-order chi connectivity index (χ1) is 12.5. The van der Waals surface area contributed by atoms with Gasteiger partial charge in [0, 0.05) is 19.4 Å².